The third-order valence-corrected chi connectivity index (χ3v) is 5.38. The molecule has 0 radical (unpaired) electrons. The SMILES string of the molecule is C=CNC(CCCCC)(CCCCC)c1ccccc1CCCCC. The Morgan fingerprint density at radius 2 is 1.40 bits per heavy atom. The molecular weight excluding hydrogens is 302 g/mol. The van der Waals surface area contributed by atoms with E-state index in [2.05, 4.69) is 56.9 Å². The number of hydrogen-bond acceptors (Lipinski definition) is 1. The van der Waals surface area contributed by atoms with E-state index in [4.69, 9.17) is 0 Å². The van der Waals surface area contributed by atoms with Crippen LogP contribution in [0.4, 0.5) is 0 Å². The highest BCUT2D eigenvalue weighted by Gasteiger charge is 2.31. The first-order valence-corrected chi connectivity index (χ1v) is 10.7. The topological polar surface area (TPSA) is 12.0 Å². The van der Waals surface area contributed by atoms with Gasteiger partial charge in [-0.3, -0.25) is 0 Å². The number of rotatable bonds is 15. The van der Waals surface area contributed by atoms with Crippen molar-refractivity contribution in [2.24, 2.45) is 0 Å². The molecule has 0 aliphatic heterocycles. The predicted octanol–water partition coefficient (Wildman–Crippen LogP) is 7.51. The van der Waals surface area contributed by atoms with Crippen LogP contribution in [-0.4, -0.2) is 0 Å². The van der Waals surface area contributed by atoms with Crippen LogP contribution in [0.2, 0.25) is 0 Å². The second-order valence-electron chi connectivity index (χ2n) is 7.46. The van der Waals surface area contributed by atoms with Crippen LogP contribution in [0.25, 0.3) is 0 Å². The molecule has 0 bridgehead atoms. The van der Waals surface area contributed by atoms with Gasteiger partial charge in [-0.1, -0.05) is 103 Å². The Bertz CT molecular complexity index is 453. The van der Waals surface area contributed by atoms with Crippen molar-refractivity contribution in [3.63, 3.8) is 0 Å². The molecule has 0 atom stereocenters. The predicted molar refractivity (Wildman–Crippen MR) is 113 cm³/mol. The summed E-state index contributed by atoms with van der Waals surface area (Å²) in [4.78, 5) is 0. The van der Waals surface area contributed by atoms with Gasteiger partial charge in [0.1, 0.15) is 0 Å². The van der Waals surface area contributed by atoms with Crippen LogP contribution in [0.5, 0.6) is 0 Å². The first-order valence-electron chi connectivity index (χ1n) is 10.7. The normalized spacial score (nSPS) is 11.5. The second-order valence-corrected chi connectivity index (χ2v) is 7.46. The summed E-state index contributed by atoms with van der Waals surface area (Å²) < 4.78 is 0. The van der Waals surface area contributed by atoms with Gasteiger partial charge in [-0.25, -0.2) is 0 Å². The van der Waals surface area contributed by atoms with Gasteiger partial charge in [-0.05, 0) is 43.0 Å². The van der Waals surface area contributed by atoms with Gasteiger partial charge < -0.3 is 5.32 Å². The van der Waals surface area contributed by atoms with Crippen LogP contribution in [0.3, 0.4) is 0 Å². The lowest BCUT2D eigenvalue weighted by Crippen LogP contribution is -2.40. The van der Waals surface area contributed by atoms with Crippen LogP contribution in [0.15, 0.2) is 37.0 Å². The van der Waals surface area contributed by atoms with Gasteiger partial charge in [0, 0.05) is 0 Å². The van der Waals surface area contributed by atoms with Crippen molar-refractivity contribution in [3.8, 4) is 0 Å². The molecule has 25 heavy (non-hydrogen) atoms. The lowest BCUT2D eigenvalue weighted by Gasteiger charge is -2.37. The molecule has 0 aliphatic carbocycles. The van der Waals surface area contributed by atoms with E-state index in [1.165, 1.54) is 82.6 Å². The van der Waals surface area contributed by atoms with Gasteiger partial charge in [0.05, 0.1) is 5.54 Å². The maximum Gasteiger partial charge on any atom is 0.0622 e. The summed E-state index contributed by atoms with van der Waals surface area (Å²) in [5.74, 6) is 0. The summed E-state index contributed by atoms with van der Waals surface area (Å²) in [7, 11) is 0. The molecule has 0 saturated heterocycles. The fourth-order valence-corrected chi connectivity index (χ4v) is 3.94. The van der Waals surface area contributed by atoms with Crippen LogP contribution >= 0.6 is 0 Å². The quantitative estimate of drug-likeness (QED) is 0.325. The van der Waals surface area contributed by atoms with Gasteiger partial charge in [0.2, 0.25) is 0 Å². The zero-order chi connectivity index (χ0) is 18.4. The van der Waals surface area contributed by atoms with Crippen LogP contribution < -0.4 is 5.32 Å². The number of nitrogens with one attached hydrogen (secondary N) is 1. The van der Waals surface area contributed by atoms with Crippen molar-refractivity contribution in [2.45, 2.75) is 103 Å². The van der Waals surface area contributed by atoms with E-state index in [0.29, 0.717) is 0 Å². The smallest absolute Gasteiger partial charge is 0.0622 e. The van der Waals surface area contributed by atoms with Crippen LogP contribution in [0.1, 0.15) is 103 Å². The zero-order valence-electron chi connectivity index (χ0n) is 17.1. The van der Waals surface area contributed by atoms with Gasteiger partial charge >= 0.3 is 0 Å². The Hall–Kier alpha value is -1.24. The maximum atomic E-state index is 4.02. The molecule has 0 saturated carbocycles. The standard InChI is InChI=1S/C24H41N/c1-5-9-12-17-22-18-13-14-19-23(22)24(25-8-4,20-15-10-6-2)21-16-11-7-3/h8,13-14,18-19,25H,4-7,9-12,15-17,20-21H2,1-3H3. The molecule has 1 rings (SSSR count). The second kappa shape index (κ2) is 13.0. The molecule has 0 spiro atoms. The van der Waals surface area contributed by atoms with Crippen molar-refractivity contribution in [3.05, 3.63) is 48.2 Å². The number of benzene rings is 1. The van der Waals surface area contributed by atoms with E-state index >= 15 is 0 Å². The summed E-state index contributed by atoms with van der Waals surface area (Å²) in [5, 5.41) is 3.72. The maximum absolute atomic E-state index is 4.02. The van der Waals surface area contributed by atoms with Crippen molar-refractivity contribution < 1.29 is 0 Å². The summed E-state index contributed by atoms with van der Waals surface area (Å²) in [6.07, 6.45) is 17.2. The molecule has 0 aliphatic rings. The molecule has 1 heteroatoms. The largest absolute Gasteiger partial charge is 0.382 e. The molecular formula is C24H41N. The molecule has 0 unspecified atom stereocenters. The molecule has 0 aromatic heterocycles. The Morgan fingerprint density at radius 1 is 0.840 bits per heavy atom. The van der Waals surface area contributed by atoms with Gasteiger partial charge in [-0.2, -0.15) is 0 Å². The van der Waals surface area contributed by atoms with E-state index in [0.717, 1.165) is 0 Å². The Balaban J connectivity index is 3.11. The third kappa shape index (κ3) is 7.26. The first-order chi connectivity index (χ1) is 12.2. The summed E-state index contributed by atoms with van der Waals surface area (Å²) in [6.45, 7) is 10.9. The molecule has 1 nitrogen and oxygen atoms in total. The van der Waals surface area contributed by atoms with Crippen molar-refractivity contribution in [2.75, 3.05) is 0 Å². The van der Waals surface area contributed by atoms with Gasteiger partial charge in [-0.15, -0.1) is 0 Å². The number of hydrogen-bond donors (Lipinski definition) is 1. The van der Waals surface area contributed by atoms with Gasteiger partial charge in [0.15, 0.2) is 0 Å². The van der Waals surface area contributed by atoms with Gasteiger partial charge in [0.25, 0.3) is 0 Å². The summed E-state index contributed by atoms with van der Waals surface area (Å²) >= 11 is 0. The van der Waals surface area contributed by atoms with E-state index in [1.807, 2.05) is 6.20 Å². The average molecular weight is 344 g/mol. The summed E-state index contributed by atoms with van der Waals surface area (Å²) in [5.41, 5.74) is 3.13. The fourth-order valence-electron chi connectivity index (χ4n) is 3.94. The minimum atomic E-state index is 0.0644. The average Bonchev–Trinajstić information content (AvgIpc) is 2.63. The summed E-state index contributed by atoms with van der Waals surface area (Å²) in [6, 6.07) is 9.15. The minimum absolute atomic E-state index is 0.0644. The first kappa shape index (κ1) is 21.8. The lowest BCUT2D eigenvalue weighted by molar-refractivity contribution is 0.296. The molecule has 0 heterocycles. The third-order valence-electron chi connectivity index (χ3n) is 5.38. The molecule has 0 fully saturated rings. The van der Waals surface area contributed by atoms with Crippen molar-refractivity contribution in [1.82, 2.24) is 5.32 Å². The molecule has 142 valence electrons. The van der Waals surface area contributed by atoms with Crippen molar-refractivity contribution in [1.29, 1.82) is 0 Å². The highest BCUT2D eigenvalue weighted by Crippen LogP contribution is 2.36. The monoisotopic (exact) mass is 343 g/mol. The van der Waals surface area contributed by atoms with E-state index in [-0.39, 0.29) is 5.54 Å². The van der Waals surface area contributed by atoms with E-state index in [1.54, 1.807) is 5.56 Å². The van der Waals surface area contributed by atoms with Crippen LogP contribution in [-0.2, 0) is 12.0 Å². The van der Waals surface area contributed by atoms with Crippen LogP contribution in [0, 0.1) is 0 Å². The Kier molecular flexibility index (Phi) is 11.4. The minimum Gasteiger partial charge on any atom is -0.382 e. The number of aryl methyl sites for hydroxylation is 1. The Morgan fingerprint density at radius 3 is 1.96 bits per heavy atom. The Labute approximate surface area is 157 Å². The zero-order valence-corrected chi connectivity index (χ0v) is 17.1. The molecule has 1 aromatic rings. The van der Waals surface area contributed by atoms with Crippen molar-refractivity contribution >= 4 is 0 Å². The van der Waals surface area contributed by atoms with E-state index < -0.39 is 0 Å². The fraction of sp³-hybridized carbons (Fsp3) is 0.667. The number of unbranched alkanes of at least 4 members (excludes halogenated alkanes) is 6. The molecule has 1 N–H and O–H groups in total. The highest BCUT2D eigenvalue weighted by molar-refractivity contribution is 5.34. The molecule has 1 aromatic carbocycles. The molecule has 0 amide bonds. The lowest BCUT2D eigenvalue weighted by atomic mass is 9.77. The van der Waals surface area contributed by atoms with E-state index in [9.17, 15) is 0 Å². The highest BCUT2D eigenvalue weighted by atomic mass is 15.0.